The average molecular weight is 680 g/mol. The summed E-state index contributed by atoms with van der Waals surface area (Å²) < 4.78 is 12.1. The number of nitrogens with zero attached hydrogens (tertiary/aromatic N) is 1. The maximum Gasteiger partial charge on any atom is 0.340 e. The van der Waals surface area contributed by atoms with Gasteiger partial charge in [-0.2, -0.15) is 0 Å². The van der Waals surface area contributed by atoms with Crippen LogP contribution in [0, 0.1) is 0 Å². The molecule has 246 valence electrons. The smallest absolute Gasteiger partial charge is 0.340 e. The van der Waals surface area contributed by atoms with E-state index in [0.717, 1.165) is 0 Å². The summed E-state index contributed by atoms with van der Waals surface area (Å²) in [5.41, 5.74) is 0.149. The van der Waals surface area contributed by atoms with Gasteiger partial charge in [0.05, 0.1) is 5.56 Å². The second kappa shape index (κ2) is 11.0. The molecule has 4 heterocycles. The summed E-state index contributed by atoms with van der Waals surface area (Å²) in [6, 6.07) is 18.3. The zero-order chi connectivity index (χ0) is 34.2. The van der Waals surface area contributed by atoms with Crippen molar-refractivity contribution in [3.8, 4) is 23.0 Å². The van der Waals surface area contributed by atoms with Crippen LogP contribution in [0.1, 0.15) is 49.0 Å². The molecule has 0 aliphatic carbocycles. The number of fused-ring (bicyclic) bond motifs is 7. The molecule has 0 aromatic heterocycles. The van der Waals surface area contributed by atoms with Gasteiger partial charge in [0.15, 0.2) is 5.60 Å². The van der Waals surface area contributed by atoms with Gasteiger partial charge in [0.1, 0.15) is 46.5 Å². The minimum Gasteiger partial charge on any atom is -0.508 e. The van der Waals surface area contributed by atoms with Gasteiger partial charge in [-0.15, -0.1) is 11.8 Å². The number of thioether (sulfide) groups is 1. The van der Waals surface area contributed by atoms with Crippen molar-refractivity contribution in [1.82, 2.24) is 15.5 Å². The maximum atomic E-state index is 13.9. The number of rotatable bonds is 6. The number of amides is 3. The number of esters is 1. The van der Waals surface area contributed by atoms with Crippen LogP contribution < -0.4 is 15.4 Å². The fourth-order valence-corrected chi connectivity index (χ4v) is 8.30. The molecule has 4 aliphatic heterocycles. The number of nitrogens with one attached hydrogen (secondary N) is 2. The lowest BCUT2D eigenvalue weighted by Gasteiger charge is -2.43. The molecule has 2 saturated heterocycles. The molecule has 8 rings (SSSR count). The largest absolute Gasteiger partial charge is 0.508 e. The molecule has 0 radical (unpaired) electrons. The molecular formula is C35H25N3O10S. The third-order valence-corrected chi connectivity index (χ3v) is 10.5. The van der Waals surface area contributed by atoms with Crippen molar-refractivity contribution in [1.29, 1.82) is 0 Å². The van der Waals surface area contributed by atoms with E-state index in [4.69, 9.17) is 9.47 Å². The lowest BCUT2D eigenvalue weighted by atomic mass is 9.77. The molecule has 49 heavy (non-hydrogen) atoms. The summed E-state index contributed by atoms with van der Waals surface area (Å²) in [5.74, 6) is -3.30. The van der Waals surface area contributed by atoms with Crippen LogP contribution in [-0.4, -0.2) is 73.1 Å². The number of carbonyl (C=O) groups is 5. The number of aliphatic carboxylic acids is 1. The number of ether oxygens (including phenoxy) is 2. The first-order valence-corrected chi connectivity index (χ1v) is 16.2. The van der Waals surface area contributed by atoms with Gasteiger partial charge in [-0.1, -0.05) is 30.3 Å². The second-order valence-electron chi connectivity index (χ2n) is 11.9. The fourth-order valence-electron chi connectivity index (χ4n) is 6.82. The minimum absolute atomic E-state index is 0.0823. The number of phenols is 2. The Kier molecular flexibility index (Phi) is 6.82. The number of aromatic hydroxyl groups is 2. The van der Waals surface area contributed by atoms with Crippen LogP contribution in [-0.2, 0) is 24.7 Å². The van der Waals surface area contributed by atoms with Gasteiger partial charge in [0.2, 0.25) is 11.8 Å². The quantitative estimate of drug-likeness (QED) is 0.149. The van der Waals surface area contributed by atoms with E-state index >= 15 is 0 Å². The zero-order valence-corrected chi connectivity index (χ0v) is 26.0. The van der Waals surface area contributed by atoms with Crippen molar-refractivity contribution in [2.45, 2.75) is 29.1 Å². The van der Waals surface area contributed by atoms with Gasteiger partial charge < -0.3 is 40.3 Å². The Morgan fingerprint density at radius 1 is 0.878 bits per heavy atom. The molecule has 3 amide bonds. The number of carboxylic acid groups (broad SMARTS) is 1. The number of benzene rings is 4. The topological polar surface area (TPSA) is 192 Å². The van der Waals surface area contributed by atoms with Crippen LogP contribution >= 0.6 is 11.8 Å². The first-order chi connectivity index (χ1) is 23.6. The molecule has 4 aromatic carbocycles. The summed E-state index contributed by atoms with van der Waals surface area (Å²) in [6.45, 7) is 0. The van der Waals surface area contributed by atoms with E-state index in [1.165, 1.54) is 59.1 Å². The Labute approximate surface area is 281 Å². The number of phenolic OH excluding ortho intramolecular Hbond substituents is 2. The first kappa shape index (κ1) is 30.3. The van der Waals surface area contributed by atoms with E-state index in [1.807, 2.05) is 0 Å². The Balaban J connectivity index is 1.14. The Hall–Kier alpha value is -6.02. The van der Waals surface area contributed by atoms with Gasteiger partial charge in [-0.3, -0.25) is 14.4 Å². The Bertz CT molecular complexity index is 2070. The summed E-state index contributed by atoms with van der Waals surface area (Å²) in [6.07, 6.45) is 0. The lowest BCUT2D eigenvalue weighted by molar-refractivity contribution is -0.159. The third kappa shape index (κ3) is 4.58. The van der Waals surface area contributed by atoms with Gasteiger partial charge in [0, 0.05) is 40.1 Å². The van der Waals surface area contributed by atoms with Crippen LogP contribution in [0.2, 0.25) is 0 Å². The molecule has 5 N–H and O–H groups in total. The normalized spacial score (nSPS) is 21.2. The molecule has 1 spiro atoms. The molecule has 4 aromatic rings. The standard InChI is InChI=1S/C35H25N3O10S/c39-18-7-10-21-25(13-18)47-26-14-19(40)8-11-22(26)35(21)23-12-17(6-9-20(23)34(46)48-35)29(41)36-27(16-4-2-1-3-5-16)30(42)37-28-31(43)38-24(33(44)45)15-49-32(28)38/h1-14,24,27-28,32,39-40H,15H2,(H,36,41)(H,37,42)(H,44,45)/t24?,27-,28-,32-/m1/s1. The summed E-state index contributed by atoms with van der Waals surface area (Å²) in [7, 11) is 0. The highest BCUT2D eigenvalue weighted by Crippen LogP contribution is 2.57. The van der Waals surface area contributed by atoms with E-state index < -0.39 is 58.8 Å². The minimum atomic E-state index is -1.60. The number of carbonyl (C=O) groups excluding carboxylic acids is 4. The highest BCUT2D eigenvalue weighted by atomic mass is 32.2. The maximum absolute atomic E-state index is 13.9. The van der Waals surface area contributed by atoms with Crippen molar-refractivity contribution < 1.29 is 48.8 Å². The van der Waals surface area contributed by atoms with Crippen LogP contribution in [0.5, 0.6) is 23.0 Å². The molecule has 4 aliphatic rings. The zero-order valence-electron chi connectivity index (χ0n) is 25.2. The van der Waals surface area contributed by atoms with Gasteiger partial charge >= 0.3 is 11.9 Å². The summed E-state index contributed by atoms with van der Waals surface area (Å²) >= 11 is 1.26. The number of hydrogen-bond donors (Lipinski definition) is 5. The van der Waals surface area contributed by atoms with E-state index in [2.05, 4.69) is 10.6 Å². The van der Waals surface area contributed by atoms with Gasteiger partial charge in [-0.25, -0.2) is 9.59 Å². The van der Waals surface area contributed by atoms with E-state index in [1.54, 1.807) is 42.5 Å². The van der Waals surface area contributed by atoms with Crippen molar-refractivity contribution in [3.63, 3.8) is 0 Å². The molecule has 14 heteroatoms. The van der Waals surface area contributed by atoms with Crippen molar-refractivity contribution in [3.05, 3.63) is 118 Å². The van der Waals surface area contributed by atoms with Gasteiger partial charge in [0.25, 0.3) is 5.91 Å². The van der Waals surface area contributed by atoms with Crippen molar-refractivity contribution in [2.75, 3.05) is 5.75 Å². The summed E-state index contributed by atoms with van der Waals surface area (Å²) in [5, 5.41) is 34.8. The molecular weight excluding hydrogens is 654 g/mol. The molecule has 0 saturated carbocycles. The van der Waals surface area contributed by atoms with Crippen LogP contribution in [0.25, 0.3) is 0 Å². The van der Waals surface area contributed by atoms with E-state index in [9.17, 15) is 39.3 Å². The second-order valence-corrected chi connectivity index (χ2v) is 13.1. The van der Waals surface area contributed by atoms with Gasteiger partial charge in [-0.05, 0) is 48.0 Å². The third-order valence-electron chi connectivity index (χ3n) is 9.13. The van der Waals surface area contributed by atoms with Crippen molar-refractivity contribution >= 4 is 41.4 Å². The first-order valence-electron chi connectivity index (χ1n) is 15.1. The van der Waals surface area contributed by atoms with E-state index in [-0.39, 0.29) is 39.9 Å². The molecule has 13 nitrogen and oxygen atoms in total. The highest BCUT2D eigenvalue weighted by Gasteiger charge is 2.58. The van der Waals surface area contributed by atoms with Crippen LogP contribution in [0.4, 0.5) is 0 Å². The molecule has 4 atom stereocenters. The predicted octanol–water partition coefficient (Wildman–Crippen LogP) is 2.99. The lowest BCUT2D eigenvalue weighted by Crippen LogP contribution is -2.70. The Morgan fingerprint density at radius 3 is 2.20 bits per heavy atom. The monoisotopic (exact) mass is 679 g/mol. The van der Waals surface area contributed by atoms with Crippen molar-refractivity contribution in [2.24, 2.45) is 0 Å². The number of hydrogen-bond acceptors (Lipinski definition) is 10. The van der Waals surface area contributed by atoms with Crippen LogP contribution in [0.3, 0.4) is 0 Å². The average Bonchev–Trinajstić information content (AvgIpc) is 3.62. The molecule has 2 fully saturated rings. The number of β-lactam (4-membered cyclic amide) rings is 1. The highest BCUT2D eigenvalue weighted by molar-refractivity contribution is 8.00. The predicted molar refractivity (Wildman–Crippen MR) is 171 cm³/mol. The molecule has 1 unspecified atom stereocenters. The fraction of sp³-hybridized carbons (Fsp3) is 0.171. The SMILES string of the molecule is O=C(N[C@@H](C(=O)N[C@@H]1C(=O)N2C(C(=O)O)CS[C@H]12)c1ccccc1)c1ccc2c(c1)C1(OC2=O)c2ccc(O)cc2Oc2cc(O)ccc21. The molecule has 0 bridgehead atoms. The van der Waals surface area contributed by atoms with Crippen LogP contribution in [0.15, 0.2) is 84.9 Å². The van der Waals surface area contributed by atoms with E-state index in [0.29, 0.717) is 22.3 Å². The number of carboxylic acids is 1. The Morgan fingerprint density at radius 2 is 1.55 bits per heavy atom. The summed E-state index contributed by atoms with van der Waals surface area (Å²) in [4.78, 5) is 66.7.